The summed E-state index contributed by atoms with van der Waals surface area (Å²) in [6.07, 6.45) is 0.809. The van der Waals surface area contributed by atoms with Gasteiger partial charge in [-0.15, -0.1) is 0 Å². The molecule has 5 aromatic carbocycles. The highest BCUT2D eigenvalue weighted by molar-refractivity contribution is 7.85. The number of benzene rings is 6. The number of hydrogen-bond donors (Lipinski definition) is 2. The zero-order valence-electron chi connectivity index (χ0n) is 29.6. The lowest BCUT2D eigenvalue weighted by Crippen LogP contribution is -2.28. The third-order valence-electron chi connectivity index (χ3n) is 10.7. The van der Waals surface area contributed by atoms with E-state index in [2.05, 4.69) is 69.9 Å². The predicted octanol–water partition coefficient (Wildman–Crippen LogP) is 10.1. The van der Waals surface area contributed by atoms with Gasteiger partial charge in [-0.1, -0.05) is 83.1 Å². The van der Waals surface area contributed by atoms with Crippen LogP contribution in [0.2, 0.25) is 0 Å². The van der Waals surface area contributed by atoms with Crippen molar-refractivity contribution in [3.05, 3.63) is 125 Å². The summed E-state index contributed by atoms with van der Waals surface area (Å²) in [7, 11) is -4.34. The van der Waals surface area contributed by atoms with E-state index in [1.807, 2.05) is 24.3 Å². The number of carboxylic acid groups (broad SMARTS) is 1. The van der Waals surface area contributed by atoms with Gasteiger partial charge in [0.1, 0.15) is 11.3 Å². The maximum absolute atomic E-state index is 11.9. The Kier molecular flexibility index (Phi) is 7.61. The topological polar surface area (TPSA) is 120 Å². The number of fused-ring (bicyclic) bond motifs is 9. The molecule has 5 aromatic rings. The molecule has 0 amide bonds. The van der Waals surface area contributed by atoms with Crippen molar-refractivity contribution in [3.63, 3.8) is 0 Å². The quantitative estimate of drug-likeness (QED) is 0.100. The van der Waals surface area contributed by atoms with Gasteiger partial charge in [-0.25, -0.2) is 9.79 Å². The molecule has 9 heteroatoms. The van der Waals surface area contributed by atoms with Gasteiger partial charge in [0.2, 0.25) is 0 Å². The van der Waals surface area contributed by atoms with Crippen molar-refractivity contribution in [2.24, 2.45) is 4.99 Å². The van der Waals surface area contributed by atoms with E-state index < -0.39 is 16.1 Å². The molecule has 2 heterocycles. The minimum absolute atomic E-state index is 0.155. The second-order valence-corrected chi connectivity index (χ2v) is 16.3. The van der Waals surface area contributed by atoms with Crippen molar-refractivity contribution in [3.8, 4) is 11.3 Å². The van der Waals surface area contributed by atoms with Gasteiger partial charge in [-0.2, -0.15) is 8.42 Å². The van der Waals surface area contributed by atoms with E-state index in [9.17, 15) is 22.9 Å². The van der Waals surface area contributed by atoms with Gasteiger partial charge in [0.05, 0.1) is 27.2 Å². The number of rotatable bonds is 6. The third kappa shape index (κ3) is 5.26. The van der Waals surface area contributed by atoms with Gasteiger partial charge in [0, 0.05) is 50.5 Å². The number of anilines is 2. The monoisotopic (exact) mass is 710 g/mol. The molecule has 0 saturated heterocycles. The lowest BCUT2D eigenvalue weighted by Gasteiger charge is -2.29. The SMILES string of the molecule is CCC(C)(C)c1c2oc3c4c(c5ccccc5c3cc-2c2ccccc2c1=Nc1ccc(C(=O)O)cc1)N(c1ccc(S(=O)(=O)O)cc1)CC4(C)C. The van der Waals surface area contributed by atoms with Crippen molar-refractivity contribution < 1.29 is 27.3 Å². The van der Waals surface area contributed by atoms with Gasteiger partial charge in [-0.3, -0.25) is 4.55 Å². The molecule has 2 aliphatic heterocycles. The minimum atomic E-state index is -4.34. The Labute approximate surface area is 301 Å². The number of carbonyl (C=O) groups is 1. The molecule has 0 fully saturated rings. The summed E-state index contributed by atoms with van der Waals surface area (Å²) >= 11 is 0. The Balaban J connectivity index is 1.51. The molecule has 8 nitrogen and oxygen atoms in total. The molecule has 0 unspecified atom stereocenters. The van der Waals surface area contributed by atoms with Crippen LogP contribution < -0.4 is 10.3 Å². The molecule has 1 aliphatic carbocycles. The van der Waals surface area contributed by atoms with E-state index in [-0.39, 0.29) is 21.3 Å². The van der Waals surface area contributed by atoms with Gasteiger partial charge >= 0.3 is 5.97 Å². The molecule has 0 aromatic heterocycles. The smallest absolute Gasteiger partial charge is 0.335 e. The molecule has 0 atom stereocenters. The Morgan fingerprint density at radius 2 is 1.48 bits per heavy atom. The van der Waals surface area contributed by atoms with E-state index in [1.165, 1.54) is 12.1 Å². The van der Waals surface area contributed by atoms with Crippen molar-refractivity contribution in [2.75, 3.05) is 11.4 Å². The molecule has 3 aliphatic rings. The van der Waals surface area contributed by atoms with E-state index in [0.29, 0.717) is 12.2 Å². The van der Waals surface area contributed by atoms with Crippen LogP contribution in [0, 0.1) is 0 Å². The zero-order chi connectivity index (χ0) is 36.7. The van der Waals surface area contributed by atoms with Crippen LogP contribution in [0.1, 0.15) is 62.5 Å². The molecule has 52 heavy (non-hydrogen) atoms. The van der Waals surface area contributed by atoms with Gasteiger partial charge in [0.25, 0.3) is 10.1 Å². The van der Waals surface area contributed by atoms with E-state index in [0.717, 1.165) is 78.1 Å². The zero-order valence-corrected chi connectivity index (χ0v) is 30.4. The molecular weight excluding hydrogens is 673 g/mol. The van der Waals surface area contributed by atoms with E-state index in [4.69, 9.17) is 9.41 Å². The molecule has 0 bridgehead atoms. The molecular formula is C43H38N2O6S. The van der Waals surface area contributed by atoms with E-state index >= 15 is 0 Å². The van der Waals surface area contributed by atoms with Crippen LogP contribution in [-0.2, 0) is 20.9 Å². The van der Waals surface area contributed by atoms with E-state index in [1.54, 1.807) is 36.4 Å². The van der Waals surface area contributed by atoms with Crippen LogP contribution in [0.5, 0.6) is 0 Å². The molecule has 0 saturated carbocycles. The van der Waals surface area contributed by atoms with Crippen molar-refractivity contribution >= 4 is 65.7 Å². The normalized spacial score (nSPS) is 14.9. The standard InChI is InChI=1S/C43H38N2O6S/c1-6-42(2,3)35-37(44-26-17-15-25(16-18-26)41(46)47)31-13-9-7-11-29(31)33-23-34-30-12-8-10-14-32(30)38-36(40(34)51-39(33)35)43(4,5)24-45(38)27-19-21-28(22-20-27)52(48,49)50/h7-23H,6,24H2,1-5H3,(H,46,47)(H,48,49,50). The maximum atomic E-state index is 11.9. The Morgan fingerprint density at radius 1 is 0.865 bits per heavy atom. The highest BCUT2D eigenvalue weighted by atomic mass is 32.2. The number of carboxylic acids is 1. The fourth-order valence-corrected chi connectivity index (χ4v) is 8.28. The third-order valence-corrected chi connectivity index (χ3v) is 11.6. The highest BCUT2D eigenvalue weighted by Crippen LogP contribution is 2.54. The summed E-state index contributed by atoms with van der Waals surface area (Å²) < 4.78 is 40.7. The van der Waals surface area contributed by atoms with Gasteiger partial charge < -0.3 is 14.4 Å². The molecule has 8 rings (SSSR count). The summed E-state index contributed by atoms with van der Waals surface area (Å²) in [5.74, 6) is -0.235. The average molecular weight is 711 g/mol. The first-order valence-electron chi connectivity index (χ1n) is 17.3. The number of aromatic carboxylic acids is 1. The molecule has 2 N–H and O–H groups in total. The summed E-state index contributed by atoms with van der Waals surface area (Å²) in [6, 6.07) is 31.8. The number of hydrogen-bond acceptors (Lipinski definition) is 6. The largest absolute Gasteiger partial charge is 0.478 e. The van der Waals surface area contributed by atoms with Crippen LogP contribution >= 0.6 is 0 Å². The van der Waals surface area contributed by atoms with Crippen LogP contribution in [0.4, 0.5) is 17.1 Å². The lowest BCUT2D eigenvalue weighted by molar-refractivity contribution is 0.0697. The second-order valence-electron chi connectivity index (χ2n) is 14.9. The fraction of sp³-hybridized carbons (Fsp3) is 0.209. The summed E-state index contributed by atoms with van der Waals surface area (Å²) in [5.41, 5.74) is 5.69. The lowest BCUT2D eigenvalue weighted by atomic mass is 9.77. The first-order valence-corrected chi connectivity index (χ1v) is 18.7. The van der Waals surface area contributed by atoms with Crippen LogP contribution in [0.15, 0.2) is 117 Å². The van der Waals surface area contributed by atoms with Crippen molar-refractivity contribution in [1.29, 1.82) is 0 Å². The number of nitrogens with zero attached hydrogens (tertiary/aromatic N) is 2. The second kappa shape index (κ2) is 11.8. The minimum Gasteiger partial charge on any atom is -0.478 e. The predicted molar refractivity (Wildman–Crippen MR) is 206 cm³/mol. The first kappa shape index (κ1) is 33.6. The Morgan fingerprint density at radius 3 is 2.10 bits per heavy atom. The molecule has 0 radical (unpaired) electrons. The van der Waals surface area contributed by atoms with Gasteiger partial charge in [0.15, 0.2) is 0 Å². The van der Waals surface area contributed by atoms with Crippen LogP contribution in [0.3, 0.4) is 0 Å². The highest BCUT2D eigenvalue weighted by Gasteiger charge is 2.41. The van der Waals surface area contributed by atoms with Crippen LogP contribution in [-0.4, -0.2) is 30.6 Å². The Hall–Kier alpha value is -5.51. The van der Waals surface area contributed by atoms with Crippen molar-refractivity contribution in [2.45, 2.75) is 56.8 Å². The fourth-order valence-electron chi connectivity index (χ4n) is 7.80. The Bertz CT molecular complexity index is 2750. The van der Waals surface area contributed by atoms with Gasteiger partial charge in [-0.05, 0) is 77.2 Å². The van der Waals surface area contributed by atoms with Crippen LogP contribution in [0.25, 0.3) is 43.8 Å². The summed E-state index contributed by atoms with van der Waals surface area (Å²) in [4.78, 5) is 18.9. The summed E-state index contributed by atoms with van der Waals surface area (Å²) in [6.45, 7) is 11.6. The average Bonchev–Trinajstić information content (AvgIpc) is 3.42. The van der Waals surface area contributed by atoms with Crippen molar-refractivity contribution in [1.82, 2.24) is 0 Å². The first-order chi connectivity index (χ1) is 24.7. The maximum Gasteiger partial charge on any atom is 0.335 e. The molecule has 0 spiro atoms. The molecule has 262 valence electrons. The summed E-state index contributed by atoms with van der Waals surface area (Å²) in [5, 5.41) is 15.4.